The van der Waals surface area contributed by atoms with E-state index in [-0.39, 0.29) is 6.54 Å². The lowest BCUT2D eigenvalue weighted by Crippen LogP contribution is -2.44. The standard InChI is InChI=1S/C11H16N2O2/c1-8-3-5-9(6-4-8)13(2)10(7-12)11(14)15/h3-6,10H,7,12H2,1-2H3,(H,14,15). The van der Waals surface area contributed by atoms with Crippen molar-refractivity contribution in [2.45, 2.75) is 13.0 Å². The van der Waals surface area contributed by atoms with Gasteiger partial charge in [-0.05, 0) is 19.1 Å². The number of rotatable bonds is 4. The van der Waals surface area contributed by atoms with Crippen molar-refractivity contribution in [3.05, 3.63) is 29.8 Å². The maximum absolute atomic E-state index is 10.9. The molecule has 0 heterocycles. The number of anilines is 1. The lowest BCUT2D eigenvalue weighted by Gasteiger charge is -2.25. The molecular formula is C11H16N2O2. The number of hydrogen-bond donors (Lipinski definition) is 2. The molecule has 0 fully saturated rings. The number of likely N-dealkylation sites (N-methyl/N-ethyl adjacent to an activating group) is 1. The molecule has 4 heteroatoms. The van der Waals surface area contributed by atoms with Gasteiger partial charge in [-0.3, -0.25) is 0 Å². The molecule has 0 aliphatic rings. The van der Waals surface area contributed by atoms with E-state index in [1.165, 1.54) is 0 Å². The summed E-state index contributed by atoms with van der Waals surface area (Å²) in [7, 11) is 1.73. The Morgan fingerprint density at radius 2 is 2.00 bits per heavy atom. The molecule has 3 N–H and O–H groups in total. The summed E-state index contributed by atoms with van der Waals surface area (Å²) in [6.45, 7) is 2.08. The van der Waals surface area contributed by atoms with Gasteiger partial charge >= 0.3 is 5.97 Å². The van der Waals surface area contributed by atoms with Gasteiger partial charge in [0.05, 0.1) is 0 Å². The molecule has 0 bridgehead atoms. The van der Waals surface area contributed by atoms with Crippen LogP contribution in [0.5, 0.6) is 0 Å². The van der Waals surface area contributed by atoms with Gasteiger partial charge in [0.1, 0.15) is 6.04 Å². The summed E-state index contributed by atoms with van der Waals surface area (Å²) in [5.74, 6) is -0.902. The second kappa shape index (κ2) is 4.79. The van der Waals surface area contributed by atoms with Crippen molar-refractivity contribution in [1.29, 1.82) is 0 Å². The first-order valence-corrected chi connectivity index (χ1v) is 4.78. The lowest BCUT2D eigenvalue weighted by atomic mass is 10.2. The highest BCUT2D eigenvalue weighted by atomic mass is 16.4. The Labute approximate surface area is 89.3 Å². The molecule has 1 rings (SSSR count). The highest BCUT2D eigenvalue weighted by molar-refractivity contribution is 5.78. The van der Waals surface area contributed by atoms with E-state index in [1.54, 1.807) is 11.9 Å². The van der Waals surface area contributed by atoms with E-state index in [0.717, 1.165) is 11.3 Å². The van der Waals surface area contributed by atoms with Crippen LogP contribution in [0.25, 0.3) is 0 Å². The molecule has 82 valence electrons. The largest absolute Gasteiger partial charge is 0.480 e. The number of carbonyl (C=O) groups is 1. The number of nitrogens with zero attached hydrogens (tertiary/aromatic N) is 1. The minimum atomic E-state index is -0.902. The quantitative estimate of drug-likeness (QED) is 0.769. The van der Waals surface area contributed by atoms with Crippen LogP contribution in [0.3, 0.4) is 0 Å². The number of hydrogen-bond acceptors (Lipinski definition) is 3. The minimum absolute atomic E-state index is 0.0969. The first-order valence-electron chi connectivity index (χ1n) is 4.78. The summed E-state index contributed by atoms with van der Waals surface area (Å²) in [6, 6.07) is 7.00. The molecule has 0 saturated carbocycles. The molecule has 1 aromatic rings. The molecule has 1 atom stereocenters. The van der Waals surface area contributed by atoms with Crippen LogP contribution in [0.1, 0.15) is 5.56 Å². The molecular weight excluding hydrogens is 192 g/mol. The van der Waals surface area contributed by atoms with E-state index in [2.05, 4.69) is 0 Å². The zero-order chi connectivity index (χ0) is 11.4. The SMILES string of the molecule is Cc1ccc(N(C)C(CN)C(=O)O)cc1. The van der Waals surface area contributed by atoms with Crippen LogP contribution in [-0.4, -0.2) is 30.7 Å². The zero-order valence-corrected chi connectivity index (χ0v) is 8.97. The van der Waals surface area contributed by atoms with Crippen molar-refractivity contribution in [1.82, 2.24) is 0 Å². The Morgan fingerprint density at radius 3 is 2.40 bits per heavy atom. The molecule has 1 aromatic carbocycles. The first kappa shape index (κ1) is 11.5. The normalized spacial score (nSPS) is 12.2. The van der Waals surface area contributed by atoms with Gasteiger partial charge in [-0.1, -0.05) is 17.7 Å². The molecule has 0 saturated heterocycles. The topological polar surface area (TPSA) is 66.6 Å². The van der Waals surface area contributed by atoms with Gasteiger partial charge in [-0.2, -0.15) is 0 Å². The Bertz CT molecular complexity index is 335. The number of carboxylic acid groups (broad SMARTS) is 1. The van der Waals surface area contributed by atoms with E-state index >= 15 is 0 Å². The minimum Gasteiger partial charge on any atom is -0.480 e. The van der Waals surface area contributed by atoms with Crippen LogP contribution in [0.15, 0.2) is 24.3 Å². The third kappa shape index (κ3) is 2.70. The second-order valence-electron chi connectivity index (χ2n) is 3.54. The van der Waals surface area contributed by atoms with Crippen molar-refractivity contribution in [2.24, 2.45) is 5.73 Å². The van der Waals surface area contributed by atoms with Crippen molar-refractivity contribution in [3.63, 3.8) is 0 Å². The summed E-state index contributed by atoms with van der Waals surface area (Å²) in [4.78, 5) is 12.6. The monoisotopic (exact) mass is 208 g/mol. The third-order valence-corrected chi connectivity index (χ3v) is 2.42. The molecule has 0 aliphatic heterocycles. The number of benzene rings is 1. The van der Waals surface area contributed by atoms with Gasteiger partial charge in [0, 0.05) is 19.3 Å². The maximum atomic E-state index is 10.9. The van der Waals surface area contributed by atoms with E-state index in [0.29, 0.717) is 0 Å². The summed E-state index contributed by atoms with van der Waals surface area (Å²) < 4.78 is 0. The van der Waals surface area contributed by atoms with E-state index in [1.807, 2.05) is 31.2 Å². The third-order valence-electron chi connectivity index (χ3n) is 2.42. The fraction of sp³-hybridized carbons (Fsp3) is 0.364. The fourth-order valence-corrected chi connectivity index (χ4v) is 1.38. The van der Waals surface area contributed by atoms with Gasteiger partial charge < -0.3 is 15.7 Å². The molecule has 1 unspecified atom stereocenters. The van der Waals surface area contributed by atoms with Gasteiger partial charge in [0.2, 0.25) is 0 Å². The van der Waals surface area contributed by atoms with Crippen LogP contribution in [-0.2, 0) is 4.79 Å². The fourth-order valence-electron chi connectivity index (χ4n) is 1.38. The average Bonchev–Trinajstić information content (AvgIpc) is 2.19. The smallest absolute Gasteiger partial charge is 0.327 e. The molecule has 0 aliphatic carbocycles. The van der Waals surface area contributed by atoms with Crippen molar-refractivity contribution >= 4 is 11.7 Å². The van der Waals surface area contributed by atoms with Gasteiger partial charge in [0.15, 0.2) is 0 Å². The Kier molecular flexibility index (Phi) is 3.68. The molecule has 4 nitrogen and oxygen atoms in total. The highest BCUT2D eigenvalue weighted by Crippen LogP contribution is 2.15. The zero-order valence-electron chi connectivity index (χ0n) is 8.97. The van der Waals surface area contributed by atoms with Crippen molar-refractivity contribution in [2.75, 3.05) is 18.5 Å². The molecule has 0 radical (unpaired) electrons. The average molecular weight is 208 g/mol. The predicted octanol–water partition coefficient (Wildman–Crippen LogP) is 0.843. The molecule has 15 heavy (non-hydrogen) atoms. The predicted molar refractivity (Wildman–Crippen MR) is 60.1 cm³/mol. The van der Waals surface area contributed by atoms with Crippen LogP contribution in [0.2, 0.25) is 0 Å². The summed E-state index contributed by atoms with van der Waals surface area (Å²) in [5.41, 5.74) is 7.42. The van der Waals surface area contributed by atoms with E-state index in [9.17, 15) is 4.79 Å². The lowest BCUT2D eigenvalue weighted by molar-refractivity contribution is -0.138. The number of aliphatic carboxylic acids is 1. The van der Waals surface area contributed by atoms with Gasteiger partial charge in [-0.15, -0.1) is 0 Å². The Hall–Kier alpha value is -1.55. The molecule has 0 amide bonds. The van der Waals surface area contributed by atoms with Crippen LogP contribution in [0, 0.1) is 6.92 Å². The van der Waals surface area contributed by atoms with E-state index < -0.39 is 12.0 Å². The number of nitrogens with two attached hydrogens (primary N) is 1. The summed E-state index contributed by atoms with van der Waals surface area (Å²) >= 11 is 0. The summed E-state index contributed by atoms with van der Waals surface area (Å²) in [5, 5.41) is 8.94. The van der Waals surface area contributed by atoms with Gasteiger partial charge in [-0.25, -0.2) is 4.79 Å². The van der Waals surface area contributed by atoms with Gasteiger partial charge in [0.25, 0.3) is 0 Å². The van der Waals surface area contributed by atoms with Crippen LogP contribution >= 0.6 is 0 Å². The first-order chi connectivity index (χ1) is 7.06. The second-order valence-corrected chi connectivity index (χ2v) is 3.54. The molecule has 0 aromatic heterocycles. The van der Waals surface area contributed by atoms with Crippen molar-refractivity contribution < 1.29 is 9.90 Å². The maximum Gasteiger partial charge on any atom is 0.327 e. The van der Waals surface area contributed by atoms with Crippen molar-refractivity contribution in [3.8, 4) is 0 Å². The Balaban J connectivity index is 2.87. The highest BCUT2D eigenvalue weighted by Gasteiger charge is 2.20. The summed E-state index contributed by atoms with van der Waals surface area (Å²) in [6.07, 6.45) is 0. The number of aryl methyl sites for hydroxylation is 1. The van der Waals surface area contributed by atoms with Crippen LogP contribution < -0.4 is 10.6 Å². The van der Waals surface area contributed by atoms with E-state index in [4.69, 9.17) is 10.8 Å². The molecule has 0 spiro atoms. The Morgan fingerprint density at radius 1 is 1.47 bits per heavy atom. The number of carboxylic acids is 1. The van der Waals surface area contributed by atoms with Crippen LogP contribution in [0.4, 0.5) is 5.69 Å².